The van der Waals surface area contributed by atoms with Crippen LogP contribution < -0.4 is 10.1 Å². The van der Waals surface area contributed by atoms with Crippen LogP contribution in [0.1, 0.15) is 30.9 Å². The number of carboxylic acid groups (broad SMARTS) is 1. The van der Waals surface area contributed by atoms with Gasteiger partial charge in [-0.3, -0.25) is 0 Å². The molecule has 2 atom stereocenters. The highest BCUT2D eigenvalue weighted by molar-refractivity contribution is 5.64. The Morgan fingerprint density at radius 3 is 3.05 bits per heavy atom. The molecule has 1 aliphatic rings. The predicted octanol–water partition coefficient (Wildman–Crippen LogP) is 1.85. The van der Waals surface area contributed by atoms with Gasteiger partial charge in [-0.2, -0.15) is 0 Å². The highest BCUT2D eigenvalue weighted by Crippen LogP contribution is 2.22. The fourth-order valence-corrected chi connectivity index (χ4v) is 2.68. The molecule has 3 N–H and O–H groups in total. The number of aliphatic hydroxyl groups is 1. The fourth-order valence-electron chi connectivity index (χ4n) is 2.68. The number of nitrogens with one attached hydrogen (secondary N) is 1. The van der Waals surface area contributed by atoms with Crippen LogP contribution in [0.3, 0.4) is 0 Å². The third kappa shape index (κ3) is 4.89. The summed E-state index contributed by atoms with van der Waals surface area (Å²) < 4.78 is 5.83. The maximum absolute atomic E-state index is 10.4. The number of hydrogen-bond donors (Lipinski definition) is 3. The summed E-state index contributed by atoms with van der Waals surface area (Å²) in [7, 11) is 2.11. The van der Waals surface area contributed by atoms with Gasteiger partial charge in [0.15, 0.2) is 0 Å². The summed E-state index contributed by atoms with van der Waals surface area (Å²) in [5.41, 5.74) is 0.740. The van der Waals surface area contributed by atoms with Gasteiger partial charge in [0.1, 0.15) is 12.4 Å². The molecule has 2 unspecified atom stereocenters. The van der Waals surface area contributed by atoms with Gasteiger partial charge in [-0.05, 0) is 50.6 Å². The molecule has 1 fully saturated rings. The Labute approximate surface area is 130 Å². The molecule has 1 aromatic carbocycles. The molecule has 1 amide bonds. The summed E-state index contributed by atoms with van der Waals surface area (Å²) in [5.74, 6) is 0.739. The highest BCUT2D eigenvalue weighted by Gasteiger charge is 2.21. The molecule has 22 heavy (non-hydrogen) atoms. The lowest BCUT2D eigenvalue weighted by Crippen LogP contribution is -2.30. The average Bonchev–Trinajstić information content (AvgIpc) is 2.90. The molecule has 0 spiro atoms. The van der Waals surface area contributed by atoms with E-state index in [0.29, 0.717) is 19.1 Å². The van der Waals surface area contributed by atoms with Crippen LogP contribution in [0.2, 0.25) is 0 Å². The molecule has 6 nitrogen and oxygen atoms in total. The van der Waals surface area contributed by atoms with Crippen LogP contribution in [0.25, 0.3) is 0 Å². The van der Waals surface area contributed by atoms with Gasteiger partial charge in [-0.15, -0.1) is 0 Å². The average molecular weight is 308 g/mol. The molecule has 1 aliphatic heterocycles. The fraction of sp³-hybridized carbons (Fsp3) is 0.562. The van der Waals surface area contributed by atoms with E-state index in [1.54, 1.807) is 0 Å². The standard InChI is InChI=1S/C16H24N2O4/c1-18-9-3-5-13(18)11-22-14-6-2-4-12(10-14)15(19)7-8-17-16(20)21/h2,4,6,10,13,15,17,19H,3,5,7-9,11H2,1H3,(H,20,21). The molecular formula is C16H24N2O4. The molecule has 1 heterocycles. The van der Waals surface area contributed by atoms with E-state index >= 15 is 0 Å². The number of benzene rings is 1. The number of aliphatic hydroxyl groups excluding tert-OH is 1. The quantitative estimate of drug-likeness (QED) is 0.716. The van der Waals surface area contributed by atoms with E-state index in [1.807, 2.05) is 24.3 Å². The van der Waals surface area contributed by atoms with Gasteiger partial charge in [0, 0.05) is 12.6 Å². The van der Waals surface area contributed by atoms with E-state index < -0.39 is 12.2 Å². The summed E-state index contributed by atoms with van der Waals surface area (Å²) in [5, 5.41) is 20.9. The SMILES string of the molecule is CN1CCCC1COc1cccc(C(O)CCNC(=O)O)c1. The van der Waals surface area contributed by atoms with E-state index in [9.17, 15) is 9.90 Å². The lowest BCUT2D eigenvalue weighted by atomic mass is 10.1. The smallest absolute Gasteiger partial charge is 0.404 e. The van der Waals surface area contributed by atoms with Gasteiger partial charge in [0.2, 0.25) is 0 Å². The molecule has 6 heteroatoms. The topological polar surface area (TPSA) is 82.0 Å². The molecule has 0 aliphatic carbocycles. The van der Waals surface area contributed by atoms with E-state index in [0.717, 1.165) is 24.3 Å². The number of carbonyl (C=O) groups is 1. The van der Waals surface area contributed by atoms with Crippen molar-refractivity contribution >= 4 is 6.09 Å². The maximum atomic E-state index is 10.4. The van der Waals surface area contributed by atoms with Crippen molar-refractivity contribution in [1.29, 1.82) is 0 Å². The van der Waals surface area contributed by atoms with Crippen molar-refractivity contribution in [3.8, 4) is 5.75 Å². The summed E-state index contributed by atoms with van der Waals surface area (Å²) in [6.45, 7) is 1.98. The van der Waals surface area contributed by atoms with E-state index in [4.69, 9.17) is 9.84 Å². The van der Waals surface area contributed by atoms with Crippen molar-refractivity contribution in [3.63, 3.8) is 0 Å². The van der Waals surface area contributed by atoms with Crippen LogP contribution in [0.5, 0.6) is 5.75 Å². The Morgan fingerprint density at radius 2 is 2.36 bits per heavy atom. The number of hydrogen-bond acceptors (Lipinski definition) is 4. The largest absolute Gasteiger partial charge is 0.492 e. The van der Waals surface area contributed by atoms with Gasteiger partial charge in [-0.25, -0.2) is 4.79 Å². The minimum absolute atomic E-state index is 0.217. The first-order valence-corrected chi connectivity index (χ1v) is 7.64. The maximum Gasteiger partial charge on any atom is 0.404 e. The van der Waals surface area contributed by atoms with Crippen molar-refractivity contribution < 1.29 is 19.7 Å². The number of amides is 1. The Bertz CT molecular complexity index is 495. The molecule has 1 saturated heterocycles. The molecule has 1 aromatic rings. The van der Waals surface area contributed by atoms with Crippen LogP contribution in [-0.2, 0) is 0 Å². The molecular weight excluding hydrogens is 284 g/mol. The normalized spacial score (nSPS) is 19.8. The third-order valence-electron chi connectivity index (χ3n) is 4.05. The summed E-state index contributed by atoms with van der Waals surface area (Å²) in [6, 6.07) is 7.81. The first-order chi connectivity index (χ1) is 10.6. The number of ether oxygens (including phenoxy) is 1. The van der Waals surface area contributed by atoms with Crippen molar-refractivity contribution in [1.82, 2.24) is 10.2 Å². The number of likely N-dealkylation sites (N-methyl/N-ethyl adjacent to an activating group) is 1. The number of nitrogens with zero attached hydrogens (tertiary/aromatic N) is 1. The van der Waals surface area contributed by atoms with Crippen molar-refractivity contribution in [3.05, 3.63) is 29.8 Å². The minimum atomic E-state index is -1.08. The van der Waals surface area contributed by atoms with Gasteiger partial charge in [0.25, 0.3) is 0 Å². The number of rotatable bonds is 7. The number of likely N-dealkylation sites (tertiary alicyclic amines) is 1. The van der Waals surface area contributed by atoms with Gasteiger partial charge >= 0.3 is 6.09 Å². The Kier molecular flexibility index (Phi) is 6.03. The van der Waals surface area contributed by atoms with Crippen LogP contribution in [0.15, 0.2) is 24.3 Å². The van der Waals surface area contributed by atoms with Crippen LogP contribution in [-0.4, -0.2) is 54.0 Å². The van der Waals surface area contributed by atoms with Crippen molar-refractivity contribution in [2.75, 3.05) is 26.7 Å². The van der Waals surface area contributed by atoms with E-state index in [2.05, 4.69) is 17.3 Å². The first kappa shape index (κ1) is 16.6. The highest BCUT2D eigenvalue weighted by atomic mass is 16.5. The molecule has 122 valence electrons. The second kappa shape index (κ2) is 8.00. The lowest BCUT2D eigenvalue weighted by molar-refractivity contribution is 0.161. The van der Waals surface area contributed by atoms with Crippen LogP contribution in [0, 0.1) is 0 Å². The minimum Gasteiger partial charge on any atom is -0.492 e. The van der Waals surface area contributed by atoms with Crippen LogP contribution >= 0.6 is 0 Å². The predicted molar refractivity (Wildman–Crippen MR) is 83.2 cm³/mol. The van der Waals surface area contributed by atoms with Gasteiger partial charge in [-0.1, -0.05) is 12.1 Å². The molecule has 0 radical (unpaired) electrons. The molecule has 0 bridgehead atoms. The van der Waals surface area contributed by atoms with Gasteiger partial charge in [0.05, 0.1) is 6.10 Å². The van der Waals surface area contributed by atoms with Crippen LogP contribution in [0.4, 0.5) is 4.79 Å². The molecule has 2 rings (SSSR count). The molecule has 0 saturated carbocycles. The summed E-state index contributed by atoms with van der Waals surface area (Å²) in [4.78, 5) is 12.7. The zero-order valence-electron chi connectivity index (χ0n) is 12.9. The van der Waals surface area contributed by atoms with Crippen molar-refractivity contribution in [2.45, 2.75) is 31.4 Å². The Hall–Kier alpha value is -1.79. The second-order valence-electron chi connectivity index (χ2n) is 5.70. The van der Waals surface area contributed by atoms with Crippen molar-refractivity contribution in [2.24, 2.45) is 0 Å². The lowest BCUT2D eigenvalue weighted by Gasteiger charge is -2.20. The Morgan fingerprint density at radius 1 is 1.55 bits per heavy atom. The zero-order valence-corrected chi connectivity index (χ0v) is 12.9. The summed E-state index contributed by atoms with van der Waals surface area (Å²) >= 11 is 0. The monoisotopic (exact) mass is 308 g/mol. The third-order valence-corrected chi connectivity index (χ3v) is 4.05. The van der Waals surface area contributed by atoms with Gasteiger partial charge < -0.3 is 25.2 Å². The zero-order chi connectivity index (χ0) is 15.9. The first-order valence-electron chi connectivity index (χ1n) is 7.64. The van der Waals surface area contributed by atoms with E-state index in [1.165, 1.54) is 6.42 Å². The molecule has 0 aromatic heterocycles. The second-order valence-corrected chi connectivity index (χ2v) is 5.70. The van der Waals surface area contributed by atoms with E-state index in [-0.39, 0.29) is 6.54 Å². The summed E-state index contributed by atoms with van der Waals surface area (Å²) in [6.07, 6.45) is 0.912. The Balaban J connectivity index is 1.84.